The molecule has 1 heterocycles. The third-order valence-corrected chi connectivity index (χ3v) is 3.33. The Bertz CT molecular complexity index is 135. The molecule has 2 fully saturated rings. The molecule has 1 spiro atoms. The van der Waals surface area contributed by atoms with Crippen molar-refractivity contribution in [1.29, 1.82) is 0 Å². The van der Waals surface area contributed by atoms with E-state index in [0.29, 0.717) is 5.92 Å². The Kier molecular flexibility index (Phi) is 1.90. The van der Waals surface area contributed by atoms with E-state index in [1.54, 1.807) is 0 Å². The van der Waals surface area contributed by atoms with E-state index < -0.39 is 0 Å². The highest BCUT2D eigenvalue weighted by atomic mass is 16.5. The molecule has 2 N–H and O–H groups in total. The molecule has 1 atom stereocenters. The fraction of sp³-hybridized carbons (Fsp3) is 1.00. The van der Waals surface area contributed by atoms with Gasteiger partial charge in [-0.05, 0) is 25.8 Å². The maximum absolute atomic E-state index is 5.82. The minimum absolute atomic E-state index is 0.231. The van der Waals surface area contributed by atoms with E-state index in [1.807, 2.05) is 0 Å². The molecule has 0 aromatic carbocycles. The second-order valence-electron chi connectivity index (χ2n) is 3.84. The molecule has 0 radical (unpaired) electrons. The molecule has 1 aliphatic carbocycles. The van der Waals surface area contributed by atoms with E-state index in [0.717, 1.165) is 13.2 Å². The second-order valence-corrected chi connectivity index (χ2v) is 3.84. The van der Waals surface area contributed by atoms with Gasteiger partial charge in [0.2, 0.25) is 0 Å². The standard InChI is InChI=1S/C9H17NO/c10-7-8-3-6-11-9(8)4-1-2-5-9/h8H,1-7,10H2. The molecule has 2 aliphatic rings. The minimum Gasteiger partial charge on any atom is -0.375 e. The monoisotopic (exact) mass is 155 g/mol. The Hall–Kier alpha value is -0.0800. The van der Waals surface area contributed by atoms with Gasteiger partial charge in [-0.25, -0.2) is 0 Å². The lowest BCUT2D eigenvalue weighted by molar-refractivity contribution is -0.0135. The molecule has 64 valence electrons. The van der Waals surface area contributed by atoms with Crippen LogP contribution in [0.2, 0.25) is 0 Å². The Morgan fingerprint density at radius 3 is 2.73 bits per heavy atom. The topological polar surface area (TPSA) is 35.2 Å². The molecule has 1 unspecified atom stereocenters. The van der Waals surface area contributed by atoms with Crippen molar-refractivity contribution < 1.29 is 4.74 Å². The first kappa shape index (κ1) is 7.56. The summed E-state index contributed by atoms with van der Waals surface area (Å²) in [4.78, 5) is 0. The maximum Gasteiger partial charge on any atom is 0.0723 e. The summed E-state index contributed by atoms with van der Waals surface area (Å²) < 4.78 is 5.82. The first-order chi connectivity index (χ1) is 5.37. The van der Waals surface area contributed by atoms with Crippen molar-refractivity contribution in [1.82, 2.24) is 0 Å². The normalized spacial score (nSPS) is 35.2. The summed E-state index contributed by atoms with van der Waals surface area (Å²) in [5, 5.41) is 0. The van der Waals surface area contributed by atoms with Gasteiger partial charge in [0.15, 0.2) is 0 Å². The van der Waals surface area contributed by atoms with Crippen LogP contribution in [0.15, 0.2) is 0 Å². The van der Waals surface area contributed by atoms with Crippen molar-refractivity contribution in [3.8, 4) is 0 Å². The largest absolute Gasteiger partial charge is 0.375 e. The lowest BCUT2D eigenvalue weighted by Gasteiger charge is -2.28. The van der Waals surface area contributed by atoms with Crippen molar-refractivity contribution in [3.63, 3.8) is 0 Å². The van der Waals surface area contributed by atoms with Crippen LogP contribution in [0.5, 0.6) is 0 Å². The van der Waals surface area contributed by atoms with E-state index >= 15 is 0 Å². The first-order valence-corrected chi connectivity index (χ1v) is 4.71. The van der Waals surface area contributed by atoms with Gasteiger partial charge in [0.1, 0.15) is 0 Å². The molecule has 2 rings (SSSR count). The quantitative estimate of drug-likeness (QED) is 0.619. The van der Waals surface area contributed by atoms with E-state index in [1.165, 1.54) is 32.1 Å². The van der Waals surface area contributed by atoms with Crippen LogP contribution in [-0.2, 0) is 4.74 Å². The van der Waals surface area contributed by atoms with Crippen molar-refractivity contribution in [2.24, 2.45) is 11.7 Å². The zero-order valence-corrected chi connectivity index (χ0v) is 7.01. The van der Waals surface area contributed by atoms with Gasteiger partial charge >= 0.3 is 0 Å². The van der Waals surface area contributed by atoms with E-state index in [4.69, 9.17) is 10.5 Å². The van der Waals surface area contributed by atoms with Crippen LogP contribution in [-0.4, -0.2) is 18.8 Å². The fourth-order valence-corrected chi connectivity index (χ4v) is 2.64. The molecule has 0 aromatic rings. The van der Waals surface area contributed by atoms with Crippen LogP contribution in [0, 0.1) is 5.92 Å². The molecule has 1 aliphatic heterocycles. The third-order valence-electron chi connectivity index (χ3n) is 3.33. The van der Waals surface area contributed by atoms with Gasteiger partial charge in [-0.15, -0.1) is 0 Å². The summed E-state index contributed by atoms with van der Waals surface area (Å²) >= 11 is 0. The zero-order valence-electron chi connectivity index (χ0n) is 7.01. The number of ether oxygens (including phenoxy) is 1. The van der Waals surface area contributed by atoms with Gasteiger partial charge in [0, 0.05) is 12.5 Å². The highest BCUT2D eigenvalue weighted by Gasteiger charge is 2.45. The van der Waals surface area contributed by atoms with Gasteiger partial charge in [0.05, 0.1) is 5.60 Å². The van der Waals surface area contributed by atoms with E-state index in [2.05, 4.69) is 0 Å². The smallest absolute Gasteiger partial charge is 0.0723 e. The van der Waals surface area contributed by atoms with Crippen LogP contribution in [0.25, 0.3) is 0 Å². The summed E-state index contributed by atoms with van der Waals surface area (Å²) in [6, 6.07) is 0. The van der Waals surface area contributed by atoms with Crippen molar-refractivity contribution in [3.05, 3.63) is 0 Å². The van der Waals surface area contributed by atoms with Crippen molar-refractivity contribution >= 4 is 0 Å². The zero-order chi connectivity index (χ0) is 7.73. The van der Waals surface area contributed by atoms with E-state index in [-0.39, 0.29) is 5.60 Å². The fourth-order valence-electron chi connectivity index (χ4n) is 2.64. The van der Waals surface area contributed by atoms with Gasteiger partial charge in [-0.2, -0.15) is 0 Å². The third kappa shape index (κ3) is 1.09. The van der Waals surface area contributed by atoms with Gasteiger partial charge < -0.3 is 10.5 Å². The highest BCUT2D eigenvalue weighted by Crippen LogP contribution is 2.44. The predicted octanol–water partition coefficient (Wildman–Crippen LogP) is 1.29. The second kappa shape index (κ2) is 2.76. The first-order valence-electron chi connectivity index (χ1n) is 4.71. The number of rotatable bonds is 1. The van der Waals surface area contributed by atoms with Gasteiger partial charge in [0.25, 0.3) is 0 Å². The molecule has 0 bridgehead atoms. The molecule has 1 saturated carbocycles. The molecule has 11 heavy (non-hydrogen) atoms. The Balaban J connectivity index is 2.09. The Labute approximate surface area is 68.1 Å². The number of nitrogens with two attached hydrogens (primary N) is 1. The minimum atomic E-state index is 0.231. The average Bonchev–Trinajstić information content (AvgIpc) is 2.62. The molecule has 1 saturated heterocycles. The predicted molar refractivity (Wildman–Crippen MR) is 44.3 cm³/mol. The SMILES string of the molecule is NCC1CCOC12CCCC2. The van der Waals surface area contributed by atoms with Gasteiger partial charge in [-0.3, -0.25) is 0 Å². The molecule has 2 nitrogen and oxygen atoms in total. The molecule has 2 heteroatoms. The highest BCUT2D eigenvalue weighted by molar-refractivity contribution is 4.96. The van der Waals surface area contributed by atoms with Crippen LogP contribution < -0.4 is 5.73 Å². The van der Waals surface area contributed by atoms with Crippen LogP contribution in [0.3, 0.4) is 0 Å². The summed E-state index contributed by atoms with van der Waals surface area (Å²) in [5.74, 6) is 0.657. The lowest BCUT2D eigenvalue weighted by atomic mass is 9.86. The number of hydrogen-bond donors (Lipinski definition) is 1. The summed E-state index contributed by atoms with van der Waals surface area (Å²) in [7, 11) is 0. The van der Waals surface area contributed by atoms with Crippen LogP contribution >= 0.6 is 0 Å². The molecule has 0 amide bonds. The van der Waals surface area contributed by atoms with Crippen molar-refractivity contribution in [2.75, 3.05) is 13.2 Å². The van der Waals surface area contributed by atoms with Crippen LogP contribution in [0.1, 0.15) is 32.1 Å². The van der Waals surface area contributed by atoms with Crippen LogP contribution in [0.4, 0.5) is 0 Å². The van der Waals surface area contributed by atoms with E-state index in [9.17, 15) is 0 Å². The molecular weight excluding hydrogens is 138 g/mol. The number of hydrogen-bond acceptors (Lipinski definition) is 2. The average molecular weight is 155 g/mol. The van der Waals surface area contributed by atoms with Gasteiger partial charge in [-0.1, -0.05) is 12.8 Å². The van der Waals surface area contributed by atoms with Crippen molar-refractivity contribution in [2.45, 2.75) is 37.7 Å². The Morgan fingerprint density at radius 1 is 1.36 bits per heavy atom. The summed E-state index contributed by atoms with van der Waals surface area (Å²) in [6.45, 7) is 1.77. The summed E-state index contributed by atoms with van der Waals surface area (Å²) in [5.41, 5.74) is 5.94. The Morgan fingerprint density at radius 2 is 2.09 bits per heavy atom. The summed E-state index contributed by atoms with van der Waals surface area (Å²) in [6.07, 6.45) is 6.40. The lowest BCUT2D eigenvalue weighted by Crippen LogP contribution is -2.36. The maximum atomic E-state index is 5.82. The molecule has 0 aromatic heterocycles. The molecular formula is C9H17NO.